The van der Waals surface area contributed by atoms with Crippen LogP contribution in [0, 0.1) is 5.92 Å². The third-order valence-electron chi connectivity index (χ3n) is 4.06. The molecule has 1 N–H and O–H groups in total. The standard InChI is InChI=1S/C15H32N2/c1-5-17(15-8-6-7-9-15)14(4)12-16-11-10-13(2)3/h13-16H,5-12H2,1-4H3. The first kappa shape index (κ1) is 15.0. The largest absolute Gasteiger partial charge is 0.315 e. The maximum absolute atomic E-state index is 3.61. The van der Waals surface area contributed by atoms with Crippen LogP contribution in [-0.2, 0) is 0 Å². The summed E-state index contributed by atoms with van der Waals surface area (Å²) in [6, 6.07) is 1.55. The molecule has 1 fully saturated rings. The summed E-state index contributed by atoms with van der Waals surface area (Å²) in [6.07, 6.45) is 7.01. The Hall–Kier alpha value is -0.0800. The molecule has 0 aromatic heterocycles. The minimum Gasteiger partial charge on any atom is -0.315 e. The predicted octanol–water partition coefficient (Wildman–Crippen LogP) is 3.28. The van der Waals surface area contributed by atoms with E-state index in [2.05, 4.69) is 37.9 Å². The Bertz CT molecular complexity index is 185. The Kier molecular flexibility index (Phi) is 7.14. The monoisotopic (exact) mass is 240 g/mol. The van der Waals surface area contributed by atoms with E-state index in [4.69, 9.17) is 0 Å². The highest BCUT2D eigenvalue weighted by atomic mass is 15.2. The molecule has 2 heteroatoms. The van der Waals surface area contributed by atoms with Crippen molar-refractivity contribution in [1.29, 1.82) is 0 Å². The van der Waals surface area contributed by atoms with Crippen LogP contribution in [0.4, 0.5) is 0 Å². The summed E-state index contributed by atoms with van der Waals surface area (Å²) < 4.78 is 0. The van der Waals surface area contributed by atoms with Gasteiger partial charge in [-0.05, 0) is 45.2 Å². The van der Waals surface area contributed by atoms with Crippen LogP contribution >= 0.6 is 0 Å². The molecule has 1 atom stereocenters. The summed E-state index contributed by atoms with van der Waals surface area (Å²) in [7, 11) is 0. The molecule has 1 rings (SSSR count). The average molecular weight is 240 g/mol. The second kappa shape index (κ2) is 8.10. The van der Waals surface area contributed by atoms with Crippen molar-refractivity contribution in [3.05, 3.63) is 0 Å². The van der Waals surface area contributed by atoms with Crippen LogP contribution in [0.1, 0.15) is 59.8 Å². The Morgan fingerprint density at radius 3 is 2.35 bits per heavy atom. The zero-order valence-electron chi connectivity index (χ0n) is 12.3. The van der Waals surface area contributed by atoms with Gasteiger partial charge in [0.2, 0.25) is 0 Å². The summed E-state index contributed by atoms with van der Waals surface area (Å²) in [4.78, 5) is 2.70. The van der Waals surface area contributed by atoms with Gasteiger partial charge in [0.05, 0.1) is 0 Å². The van der Waals surface area contributed by atoms with Crippen molar-refractivity contribution >= 4 is 0 Å². The van der Waals surface area contributed by atoms with Crippen LogP contribution in [0.25, 0.3) is 0 Å². The van der Waals surface area contributed by atoms with Gasteiger partial charge in [0, 0.05) is 18.6 Å². The topological polar surface area (TPSA) is 15.3 Å². The van der Waals surface area contributed by atoms with Crippen molar-refractivity contribution in [2.24, 2.45) is 5.92 Å². The van der Waals surface area contributed by atoms with Gasteiger partial charge in [0.25, 0.3) is 0 Å². The summed E-state index contributed by atoms with van der Waals surface area (Å²) >= 11 is 0. The van der Waals surface area contributed by atoms with E-state index in [-0.39, 0.29) is 0 Å². The highest BCUT2D eigenvalue weighted by Crippen LogP contribution is 2.24. The molecule has 0 heterocycles. The molecule has 1 aliphatic carbocycles. The van der Waals surface area contributed by atoms with Crippen LogP contribution in [0.3, 0.4) is 0 Å². The Morgan fingerprint density at radius 1 is 1.18 bits per heavy atom. The van der Waals surface area contributed by atoms with E-state index in [1.54, 1.807) is 0 Å². The Morgan fingerprint density at radius 2 is 1.82 bits per heavy atom. The van der Waals surface area contributed by atoms with Crippen LogP contribution < -0.4 is 5.32 Å². The molecule has 0 saturated heterocycles. The van der Waals surface area contributed by atoms with Crippen molar-refractivity contribution in [1.82, 2.24) is 10.2 Å². The lowest BCUT2D eigenvalue weighted by Gasteiger charge is -2.33. The Labute approximate surface area is 108 Å². The molecule has 0 spiro atoms. The van der Waals surface area contributed by atoms with E-state index in [9.17, 15) is 0 Å². The molecular weight excluding hydrogens is 208 g/mol. The fourth-order valence-corrected chi connectivity index (χ4v) is 2.98. The van der Waals surface area contributed by atoms with E-state index in [1.165, 1.54) is 45.2 Å². The van der Waals surface area contributed by atoms with Crippen LogP contribution in [0.15, 0.2) is 0 Å². The third kappa shape index (κ3) is 5.39. The molecule has 0 aromatic rings. The van der Waals surface area contributed by atoms with Crippen LogP contribution in [0.2, 0.25) is 0 Å². The van der Waals surface area contributed by atoms with Gasteiger partial charge in [-0.2, -0.15) is 0 Å². The molecular formula is C15H32N2. The number of nitrogens with one attached hydrogen (secondary N) is 1. The fraction of sp³-hybridized carbons (Fsp3) is 1.00. The lowest BCUT2D eigenvalue weighted by Crippen LogP contribution is -2.45. The van der Waals surface area contributed by atoms with Crippen LogP contribution in [0.5, 0.6) is 0 Å². The highest BCUT2D eigenvalue weighted by molar-refractivity contribution is 4.81. The SMILES string of the molecule is CCN(C(C)CNCCC(C)C)C1CCCC1. The lowest BCUT2D eigenvalue weighted by atomic mass is 10.1. The van der Waals surface area contributed by atoms with Gasteiger partial charge in [0.1, 0.15) is 0 Å². The molecule has 1 unspecified atom stereocenters. The van der Waals surface area contributed by atoms with Crippen molar-refractivity contribution in [3.8, 4) is 0 Å². The zero-order chi connectivity index (χ0) is 12.7. The van der Waals surface area contributed by atoms with Gasteiger partial charge in [-0.1, -0.05) is 33.6 Å². The number of hydrogen-bond donors (Lipinski definition) is 1. The quantitative estimate of drug-likeness (QED) is 0.655. The first-order valence-corrected chi connectivity index (χ1v) is 7.61. The normalized spacial score (nSPS) is 19.4. The van der Waals surface area contributed by atoms with E-state index in [1.807, 2.05) is 0 Å². The number of rotatable bonds is 8. The van der Waals surface area contributed by atoms with E-state index in [0.29, 0.717) is 6.04 Å². The first-order valence-electron chi connectivity index (χ1n) is 7.61. The van der Waals surface area contributed by atoms with Crippen molar-refractivity contribution < 1.29 is 0 Å². The van der Waals surface area contributed by atoms with Crippen LogP contribution in [-0.4, -0.2) is 36.6 Å². The zero-order valence-corrected chi connectivity index (χ0v) is 12.3. The summed E-state index contributed by atoms with van der Waals surface area (Å²) in [5.74, 6) is 0.815. The maximum atomic E-state index is 3.61. The van der Waals surface area contributed by atoms with Crippen molar-refractivity contribution in [3.63, 3.8) is 0 Å². The molecule has 0 bridgehead atoms. The summed E-state index contributed by atoms with van der Waals surface area (Å²) in [5.41, 5.74) is 0. The molecule has 102 valence electrons. The third-order valence-corrected chi connectivity index (χ3v) is 4.06. The molecule has 2 nitrogen and oxygen atoms in total. The fourth-order valence-electron chi connectivity index (χ4n) is 2.98. The molecule has 0 amide bonds. The smallest absolute Gasteiger partial charge is 0.0195 e. The second-order valence-corrected chi connectivity index (χ2v) is 6.00. The molecule has 0 aliphatic heterocycles. The summed E-state index contributed by atoms with van der Waals surface area (Å²) in [6.45, 7) is 12.8. The highest BCUT2D eigenvalue weighted by Gasteiger charge is 2.24. The molecule has 1 saturated carbocycles. The first-order chi connectivity index (χ1) is 8.15. The minimum absolute atomic E-state index is 0.690. The number of likely N-dealkylation sites (N-methyl/N-ethyl adjacent to an activating group) is 1. The van der Waals surface area contributed by atoms with Gasteiger partial charge in [-0.25, -0.2) is 0 Å². The van der Waals surface area contributed by atoms with Crippen molar-refractivity contribution in [2.45, 2.75) is 71.9 Å². The van der Waals surface area contributed by atoms with E-state index < -0.39 is 0 Å². The average Bonchev–Trinajstić information content (AvgIpc) is 2.79. The van der Waals surface area contributed by atoms with Crippen molar-refractivity contribution in [2.75, 3.05) is 19.6 Å². The maximum Gasteiger partial charge on any atom is 0.0195 e. The van der Waals surface area contributed by atoms with Gasteiger partial charge in [-0.15, -0.1) is 0 Å². The number of nitrogens with zero attached hydrogens (tertiary/aromatic N) is 1. The minimum atomic E-state index is 0.690. The summed E-state index contributed by atoms with van der Waals surface area (Å²) in [5, 5.41) is 3.61. The molecule has 0 radical (unpaired) electrons. The second-order valence-electron chi connectivity index (χ2n) is 6.00. The molecule has 1 aliphatic rings. The number of hydrogen-bond acceptors (Lipinski definition) is 2. The van der Waals surface area contributed by atoms with Gasteiger partial charge in [0.15, 0.2) is 0 Å². The lowest BCUT2D eigenvalue weighted by molar-refractivity contribution is 0.151. The molecule has 0 aromatic carbocycles. The van der Waals surface area contributed by atoms with Gasteiger partial charge in [-0.3, -0.25) is 4.90 Å². The van der Waals surface area contributed by atoms with Gasteiger partial charge < -0.3 is 5.32 Å². The van der Waals surface area contributed by atoms with E-state index in [0.717, 1.165) is 18.5 Å². The van der Waals surface area contributed by atoms with E-state index >= 15 is 0 Å². The predicted molar refractivity (Wildman–Crippen MR) is 76.4 cm³/mol. The molecule has 17 heavy (non-hydrogen) atoms. The van der Waals surface area contributed by atoms with Gasteiger partial charge >= 0.3 is 0 Å². The Balaban J connectivity index is 2.21.